The molecular weight excluding hydrogens is 426 g/mol. The highest BCUT2D eigenvalue weighted by atomic mass is 16.6. The van der Waals surface area contributed by atoms with Gasteiger partial charge in [0.05, 0.1) is 17.0 Å². The average molecular weight is 456 g/mol. The number of H-pyrrole nitrogens is 1. The van der Waals surface area contributed by atoms with Crippen LogP contribution >= 0.6 is 0 Å². The van der Waals surface area contributed by atoms with Crippen LogP contribution < -0.4 is 21.8 Å². The van der Waals surface area contributed by atoms with Gasteiger partial charge < -0.3 is 21.4 Å². The van der Waals surface area contributed by atoms with Gasteiger partial charge in [-0.3, -0.25) is 19.9 Å². The predicted molar refractivity (Wildman–Crippen MR) is 126 cm³/mol. The van der Waals surface area contributed by atoms with E-state index in [2.05, 4.69) is 36.1 Å². The highest BCUT2D eigenvalue weighted by molar-refractivity contribution is 6.06. The van der Waals surface area contributed by atoms with E-state index < -0.39 is 4.92 Å². The molecule has 2 aromatic rings. The molecule has 3 rings (SSSR count). The summed E-state index contributed by atoms with van der Waals surface area (Å²) in [7, 11) is 0. The maximum absolute atomic E-state index is 11.6. The molecule has 12 heteroatoms. The Morgan fingerprint density at radius 1 is 1.36 bits per heavy atom. The molecule has 176 valence electrons. The minimum Gasteiger partial charge on any atom is -0.379 e. The minimum atomic E-state index is -0.429. The first-order valence-electron chi connectivity index (χ1n) is 10.8. The van der Waals surface area contributed by atoms with Gasteiger partial charge >= 0.3 is 0 Å². The first-order valence-corrected chi connectivity index (χ1v) is 10.8. The summed E-state index contributed by atoms with van der Waals surface area (Å²) in [5.74, 6) is 0.107. The number of nitrogens with zero attached hydrogens (tertiary/aromatic N) is 4. The van der Waals surface area contributed by atoms with Crippen LogP contribution in [0.25, 0.3) is 0 Å². The largest absolute Gasteiger partial charge is 0.379 e. The summed E-state index contributed by atoms with van der Waals surface area (Å²) in [5.41, 5.74) is 11.0. The number of hydrogen-bond donors (Lipinski definition) is 5. The lowest BCUT2D eigenvalue weighted by atomic mass is 9.93. The Bertz CT molecular complexity index is 1020. The number of nitrogens with one attached hydrogen (secondary N) is 4. The average Bonchev–Trinajstić information content (AvgIpc) is 3.30. The fourth-order valence-corrected chi connectivity index (χ4v) is 3.47. The van der Waals surface area contributed by atoms with E-state index in [1.807, 2.05) is 6.92 Å². The highest BCUT2D eigenvalue weighted by Crippen LogP contribution is 2.28. The first-order chi connectivity index (χ1) is 15.9. The SMILES string of the molecule is CC1CC(=O)NN=C1c1ccc(NCCCN=C(N)NCCCc2cnc[nH]2)c([N+](=O)[O-])c1. The fraction of sp³-hybridized carbons (Fsp3) is 0.429. The molecule has 33 heavy (non-hydrogen) atoms. The standard InChI is InChI=1S/C21H29N9O3/c1-14-10-19(31)28-29-20(14)15-5-6-17(18(11-15)30(32)33)24-8-3-9-26-21(22)25-7-2-4-16-12-23-13-27-16/h5-6,11-14,24H,2-4,7-10H2,1H3,(H,23,27)(H,28,31)(H3,22,25,26). The third-order valence-corrected chi connectivity index (χ3v) is 5.17. The molecule has 1 aliphatic rings. The van der Waals surface area contributed by atoms with Gasteiger partial charge in [0.15, 0.2) is 5.96 Å². The normalized spacial score (nSPS) is 16.2. The number of aliphatic imine (C=N–C) groups is 1. The molecular formula is C21H29N9O3. The van der Waals surface area contributed by atoms with Gasteiger partial charge in [-0.05, 0) is 25.3 Å². The zero-order valence-electron chi connectivity index (χ0n) is 18.5. The van der Waals surface area contributed by atoms with Crippen LogP contribution in [0.4, 0.5) is 11.4 Å². The zero-order valence-corrected chi connectivity index (χ0v) is 18.5. The molecule has 1 amide bonds. The quantitative estimate of drug-likeness (QED) is 0.112. The molecule has 2 heterocycles. The number of amides is 1. The van der Waals surface area contributed by atoms with Crippen LogP contribution in [-0.4, -0.2) is 52.1 Å². The number of hydrogen-bond acceptors (Lipinski definition) is 7. The van der Waals surface area contributed by atoms with Gasteiger partial charge in [-0.25, -0.2) is 10.4 Å². The van der Waals surface area contributed by atoms with Crippen molar-refractivity contribution in [2.24, 2.45) is 21.7 Å². The van der Waals surface area contributed by atoms with Crippen molar-refractivity contribution in [2.75, 3.05) is 25.0 Å². The second-order valence-corrected chi connectivity index (χ2v) is 7.78. The lowest BCUT2D eigenvalue weighted by Gasteiger charge is -2.19. The van der Waals surface area contributed by atoms with E-state index in [1.54, 1.807) is 24.7 Å². The van der Waals surface area contributed by atoms with Crippen molar-refractivity contribution >= 4 is 29.0 Å². The van der Waals surface area contributed by atoms with Crippen LogP contribution in [0.5, 0.6) is 0 Å². The summed E-state index contributed by atoms with van der Waals surface area (Å²) >= 11 is 0. The topological polar surface area (TPSA) is 176 Å². The molecule has 0 saturated carbocycles. The lowest BCUT2D eigenvalue weighted by Crippen LogP contribution is -2.32. The summed E-state index contributed by atoms with van der Waals surface area (Å²) in [6.45, 7) is 3.57. The molecule has 1 aromatic heterocycles. The monoisotopic (exact) mass is 455 g/mol. The summed E-state index contributed by atoms with van der Waals surface area (Å²) in [6, 6.07) is 4.92. The number of nitro benzene ring substituents is 1. The van der Waals surface area contributed by atoms with Gasteiger partial charge in [0.25, 0.3) is 5.69 Å². The van der Waals surface area contributed by atoms with E-state index in [1.165, 1.54) is 6.07 Å². The van der Waals surface area contributed by atoms with Crippen LogP contribution in [0.15, 0.2) is 40.8 Å². The van der Waals surface area contributed by atoms with E-state index in [4.69, 9.17) is 5.73 Å². The molecule has 12 nitrogen and oxygen atoms in total. The third kappa shape index (κ3) is 7.02. The third-order valence-electron chi connectivity index (χ3n) is 5.17. The second kappa shape index (κ2) is 11.6. The molecule has 0 bridgehead atoms. The smallest absolute Gasteiger partial charge is 0.292 e. The number of aromatic amines is 1. The number of guanidine groups is 1. The number of anilines is 1. The summed E-state index contributed by atoms with van der Waals surface area (Å²) < 4.78 is 0. The fourth-order valence-electron chi connectivity index (χ4n) is 3.47. The van der Waals surface area contributed by atoms with Crippen molar-refractivity contribution in [3.8, 4) is 0 Å². The number of benzene rings is 1. The van der Waals surface area contributed by atoms with Gasteiger partial charge in [-0.15, -0.1) is 0 Å². The maximum Gasteiger partial charge on any atom is 0.292 e. The van der Waals surface area contributed by atoms with Crippen LogP contribution in [0.1, 0.15) is 37.4 Å². The van der Waals surface area contributed by atoms with Crippen LogP contribution in [-0.2, 0) is 11.2 Å². The summed E-state index contributed by atoms with van der Waals surface area (Å²) in [5, 5.41) is 21.8. The number of rotatable bonds is 11. The van der Waals surface area contributed by atoms with Crippen LogP contribution in [0.3, 0.4) is 0 Å². The van der Waals surface area contributed by atoms with E-state index in [0.29, 0.717) is 55.4 Å². The van der Waals surface area contributed by atoms with Crippen LogP contribution in [0.2, 0.25) is 0 Å². The molecule has 0 radical (unpaired) electrons. The van der Waals surface area contributed by atoms with Gasteiger partial charge in [0, 0.05) is 55.5 Å². The second-order valence-electron chi connectivity index (χ2n) is 7.78. The van der Waals surface area contributed by atoms with Crippen molar-refractivity contribution < 1.29 is 9.72 Å². The molecule has 1 aromatic carbocycles. The van der Waals surface area contributed by atoms with Gasteiger partial charge in [-0.2, -0.15) is 5.10 Å². The van der Waals surface area contributed by atoms with Crippen molar-refractivity contribution in [1.29, 1.82) is 0 Å². The maximum atomic E-state index is 11.6. The Morgan fingerprint density at radius 3 is 2.94 bits per heavy atom. The molecule has 0 fully saturated rings. The van der Waals surface area contributed by atoms with Crippen molar-refractivity contribution in [2.45, 2.75) is 32.6 Å². The van der Waals surface area contributed by atoms with E-state index in [9.17, 15) is 14.9 Å². The minimum absolute atomic E-state index is 0.0405. The molecule has 0 spiro atoms. The number of aryl methyl sites for hydroxylation is 1. The summed E-state index contributed by atoms with van der Waals surface area (Å²) in [6.07, 6.45) is 6.19. The number of carbonyl (C=O) groups is 1. The number of nitro groups is 1. The Morgan fingerprint density at radius 2 is 2.21 bits per heavy atom. The predicted octanol–water partition coefficient (Wildman–Crippen LogP) is 1.52. The number of nitrogens with two attached hydrogens (primary N) is 1. The molecule has 1 unspecified atom stereocenters. The Labute approximate surface area is 191 Å². The molecule has 6 N–H and O–H groups in total. The molecule has 0 aliphatic carbocycles. The number of imidazole rings is 1. The van der Waals surface area contributed by atoms with Crippen LogP contribution in [0, 0.1) is 16.0 Å². The molecule has 1 atom stereocenters. The molecule has 0 saturated heterocycles. The Kier molecular flexibility index (Phi) is 8.33. The Hall–Kier alpha value is -3.96. The van der Waals surface area contributed by atoms with Gasteiger partial charge in [0.1, 0.15) is 5.69 Å². The lowest BCUT2D eigenvalue weighted by molar-refractivity contribution is -0.384. The van der Waals surface area contributed by atoms with Gasteiger partial charge in [0.2, 0.25) is 5.91 Å². The summed E-state index contributed by atoms with van der Waals surface area (Å²) in [4.78, 5) is 33.9. The Balaban J connectivity index is 1.45. The van der Waals surface area contributed by atoms with Crippen molar-refractivity contribution in [3.63, 3.8) is 0 Å². The highest BCUT2D eigenvalue weighted by Gasteiger charge is 2.24. The first kappa shape index (κ1) is 23.7. The van der Waals surface area contributed by atoms with E-state index in [-0.39, 0.29) is 17.5 Å². The number of carbonyl (C=O) groups excluding carboxylic acids is 1. The van der Waals surface area contributed by atoms with Crippen molar-refractivity contribution in [1.82, 2.24) is 20.7 Å². The number of aromatic nitrogens is 2. The zero-order chi connectivity index (χ0) is 23.6. The van der Waals surface area contributed by atoms with Gasteiger partial charge in [-0.1, -0.05) is 13.0 Å². The molecule has 1 aliphatic heterocycles. The van der Waals surface area contributed by atoms with Crippen molar-refractivity contribution in [3.05, 3.63) is 52.1 Å². The van der Waals surface area contributed by atoms with E-state index in [0.717, 1.165) is 18.5 Å². The number of hydrazone groups is 1. The van der Waals surface area contributed by atoms with E-state index >= 15 is 0 Å².